The highest BCUT2D eigenvalue weighted by Gasteiger charge is 2.74. The molecule has 2 saturated heterocycles. The summed E-state index contributed by atoms with van der Waals surface area (Å²) < 4.78 is 21.5. The highest BCUT2D eigenvalue weighted by molar-refractivity contribution is 6.61. The van der Waals surface area contributed by atoms with Crippen molar-refractivity contribution in [3.63, 3.8) is 0 Å². The number of piperidine rings is 2. The van der Waals surface area contributed by atoms with Crippen LogP contribution in [0.2, 0.25) is 0 Å². The van der Waals surface area contributed by atoms with Crippen LogP contribution in [0.1, 0.15) is 94.4 Å². The van der Waals surface area contributed by atoms with Crippen molar-refractivity contribution in [2.45, 2.75) is 131 Å². The van der Waals surface area contributed by atoms with E-state index in [2.05, 4.69) is 35.7 Å². The topological polar surface area (TPSA) is 205 Å². The first kappa shape index (κ1) is 53.4. The number of phenols is 2. The summed E-state index contributed by atoms with van der Waals surface area (Å²) in [5.41, 5.74) is -1.02. The lowest BCUT2D eigenvalue weighted by Crippen LogP contribution is -2.77. The Morgan fingerprint density at radius 1 is 0.761 bits per heavy atom. The molecule has 1 amide bonds. The Morgan fingerprint density at radius 3 is 1.75 bits per heavy atom. The number of carbonyl (C=O) groups excluding carboxylic acids is 4. The van der Waals surface area contributed by atoms with Crippen LogP contribution in [-0.2, 0) is 42.7 Å². The van der Waals surface area contributed by atoms with Crippen molar-refractivity contribution < 1.29 is 58.6 Å². The molecule has 10 rings (SSSR count). The number of phenolic OH excluding ortho intramolecular Hbond substituents is 2. The third-order valence-electron chi connectivity index (χ3n) is 14.9. The first-order valence-electron chi connectivity index (χ1n) is 23.0. The number of carbonyl (C=O) groups is 4. The van der Waals surface area contributed by atoms with E-state index in [1.165, 1.54) is 19.6 Å². The summed E-state index contributed by atoms with van der Waals surface area (Å²) in [6, 6.07) is 6.33. The number of alkyl halides is 4. The Labute approximate surface area is 416 Å². The van der Waals surface area contributed by atoms with E-state index in [1.54, 1.807) is 23.1 Å². The minimum absolute atomic E-state index is 0.0148. The lowest BCUT2D eigenvalue weighted by Gasteiger charge is -2.61. The Hall–Kier alpha value is -2.99. The van der Waals surface area contributed by atoms with Gasteiger partial charge in [0.05, 0.1) is 46.6 Å². The molecule has 5 N–H and O–H groups in total. The number of rotatable bonds is 9. The predicted molar refractivity (Wildman–Crippen MR) is 255 cm³/mol. The van der Waals surface area contributed by atoms with E-state index >= 15 is 0 Å². The maximum absolute atomic E-state index is 12.7. The molecule has 67 heavy (non-hydrogen) atoms. The molecule has 372 valence electrons. The number of hydrogen-bond acceptors (Lipinski definition) is 14. The Bertz CT molecular complexity index is 2130. The summed E-state index contributed by atoms with van der Waals surface area (Å²) in [5, 5.41) is 47.5. The van der Waals surface area contributed by atoms with E-state index in [9.17, 15) is 39.6 Å². The number of hydrogen-bond donors (Lipinski definition) is 5. The standard InChI is InChI=1S/C20H22ClNO6.C16H17NO4.C6H15N.C4H6Cl2O2.CH2Cl2/c21-7-1-9-27-18(25)22-8-6-19-15-11-2-3-12(23)16(15)28-17(19)13(24)4-5-20(19,26)14(22)10-11;18-9-2-1-8-7-11-16(20)4-3-10(19)14-15(16,5-6-17-11)12(8)13(9)21-14;1-4-7(5-2)6-3;5-2-1-3-8-4(6)7;2-1-3/h2-3,14,17,23,26H,1,4-10H2;1-2,11,14,17-18,20H,3-7H2;4-6H2,1-3H3;1-3H2;1H2/t14-,17+,19+,20-;11-,14+,15+,16-;;;/m11.../s1. The van der Waals surface area contributed by atoms with Gasteiger partial charge in [0.2, 0.25) is 0 Å². The average molecular weight is 1040 g/mol. The van der Waals surface area contributed by atoms with Gasteiger partial charge in [-0.1, -0.05) is 32.9 Å². The van der Waals surface area contributed by atoms with Crippen molar-refractivity contribution in [1.82, 2.24) is 15.1 Å². The molecule has 2 aromatic carbocycles. The molecule has 20 heteroatoms. The molecule has 4 fully saturated rings. The number of likely N-dealkylation sites (tertiary alicyclic amines) is 1. The minimum atomic E-state index is -1.30. The normalized spacial score (nSPS) is 30.2. The average Bonchev–Trinajstić information content (AvgIpc) is 3.85. The van der Waals surface area contributed by atoms with E-state index in [4.69, 9.17) is 72.2 Å². The molecule has 4 heterocycles. The quantitative estimate of drug-likeness (QED) is 0.0972. The summed E-state index contributed by atoms with van der Waals surface area (Å²) >= 11 is 25.2. The van der Waals surface area contributed by atoms with Gasteiger partial charge < -0.3 is 54.5 Å². The second kappa shape index (κ2) is 22.4. The maximum atomic E-state index is 12.7. The zero-order valence-corrected chi connectivity index (χ0v) is 41.9. The second-order valence-electron chi connectivity index (χ2n) is 17.7. The highest BCUT2D eigenvalue weighted by Crippen LogP contribution is 2.66. The number of ether oxygens (including phenoxy) is 4. The minimum Gasteiger partial charge on any atom is -0.504 e. The number of benzene rings is 2. The van der Waals surface area contributed by atoms with Crippen LogP contribution in [0.15, 0.2) is 24.3 Å². The van der Waals surface area contributed by atoms with E-state index in [-0.39, 0.29) is 53.9 Å². The van der Waals surface area contributed by atoms with Crippen molar-refractivity contribution in [3.05, 3.63) is 46.5 Å². The molecule has 15 nitrogen and oxygen atoms in total. The van der Waals surface area contributed by atoms with Crippen LogP contribution in [0, 0.1) is 0 Å². The van der Waals surface area contributed by atoms with Gasteiger partial charge in [0, 0.05) is 59.9 Å². The summed E-state index contributed by atoms with van der Waals surface area (Å²) in [7, 11) is 0. The van der Waals surface area contributed by atoms with Gasteiger partial charge in [0.1, 0.15) is 0 Å². The van der Waals surface area contributed by atoms with Gasteiger partial charge in [-0.05, 0) is 101 Å². The zero-order valence-electron chi connectivity index (χ0n) is 38.1. The third-order valence-corrected chi connectivity index (χ3v) is 15.6. The van der Waals surface area contributed by atoms with Crippen molar-refractivity contribution in [2.24, 2.45) is 0 Å². The van der Waals surface area contributed by atoms with Crippen molar-refractivity contribution in [2.75, 3.05) is 63.0 Å². The van der Waals surface area contributed by atoms with Crippen LogP contribution in [0.4, 0.5) is 9.59 Å². The molecule has 2 spiro atoms. The molecular formula is C47H62Cl5N3O12. The monoisotopic (exact) mass is 1040 g/mol. The van der Waals surface area contributed by atoms with E-state index in [0.29, 0.717) is 87.8 Å². The molecule has 8 aliphatic rings. The first-order chi connectivity index (χ1) is 32.0. The third kappa shape index (κ3) is 9.39. The SMILES string of the molecule is CCN(CC)CC.ClCCl.O=C(Cl)OCCCCl.O=C1CC[C@@]2(O)[C@H]3Cc4ccc(O)c5c4[C@@]2(CCN3)[C@H]1O5.O=C1CC[C@@]2(O)[C@H]3Cc4ccc(O)c5c4[C@@]2(CCN3C(=O)OCCCCl)[C@H]1O5. The van der Waals surface area contributed by atoms with Crippen LogP contribution in [0.5, 0.6) is 23.0 Å². The number of halogens is 5. The Kier molecular flexibility index (Phi) is 17.8. The van der Waals surface area contributed by atoms with Gasteiger partial charge >= 0.3 is 11.5 Å². The molecule has 2 aromatic rings. The number of nitrogens with zero attached hydrogens (tertiary/aromatic N) is 2. The number of Topliss-reactive ketones (excluding diaryl/α,β-unsaturated/α-hetero) is 2. The molecule has 4 aliphatic carbocycles. The van der Waals surface area contributed by atoms with Crippen LogP contribution in [0.3, 0.4) is 0 Å². The molecule has 4 bridgehead atoms. The molecule has 4 aliphatic heterocycles. The lowest BCUT2D eigenvalue weighted by molar-refractivity contribution is -0.183. The fourth-order valence-corrected chi connectivity index (χ4v) is 12.2. The highest BCUT2D eigenvalue weighted by atomic mass is 35.5. The Balaban J connectivity index is 0.000000166. The summed E-state index contributed by atoms with van der Waals surface area (Å²) in [6.45, 7) is 11.8. The van der Waals surface area contributed by atoms with Crippen molar-refractivity contribution >= 4 is 81.1 Å². The van der Waals surface area contributed by atoms with Gasteiger partial charge in [-0.15, -0.1) is 46.4 Å². The zero-order chi connectivity index (χ0) is 48.9. The van der Waals surface area contributed by atoms with Crippen molar-refractivity contribution in [3.8, 4) is 23.0 Å². The lowest BCUT2D eigenvalue weighted by atomic mass is 9.49. The first-order valence-corrected chi connectivity index (χ1v) is 25.6. The smallest absolute Gasteiger partial charge is 0.410 e. The van der Waals surface area contributed by atoms with Gasteiger partial charge in [-0.2, -0.15) is 0 Å². The van der Waals surface area contributed by atoms with Crippen LogP contribution < -0.4 is 14.8 Å². The fraction of sp³-hybridized carbons (Fsp3) is 0.660. The molecule has 0 unspecified atom stereocenters. The number of aliphatic hydroxyl groups is 2. The fourth-order valence-electron chi connectivity index (χ4n) is 11.9. The number of nitrogens with one attached hydrogen (secondary N) is 1. The molecular weight excluding hydrogens is 976 g/mol. The summed E-state index contributed by atoms with van der Waals surface area (Å²) in [5.74, 6) is 1.67. The van der Waals surface area contributed by atoms with E-state index in [1.807, 2.05) is 6.07 Å². The Morgan fingerprint density at radius 2 is 1.25 bits per heavy atom. The molecule has 8 atom stereocenters. The van der Waals surface area contributed by atoms with Gasteiger partial charge in [0.15, 0.2) is 46.8 Å². The molecule has 0 aromatic heterocycles. The number of ketones is 2. The molecule has 0 radical (unpaired) electrons. The summed E-state index contributed by atoms with van der Waals surface area (Å²) in [6.07, 6.45) is 2.71. The van der Waals surface area contributed by atoms with Crippen LogP contribution >= 0.6 is 58.0 Å². The van der Waals surface area contributed by atoms with Crippen LogP contribution in [0.25, 0.3) is 0 Å². The number of aromatic hydroxyl groups is 2. The maximum Gasteiger partial charge on any atom is 0.410 e. The van der Waals surface area contributed by atoms with Gasteiger partial charge in [-0.3, -0.25) is 9.59 Å². The largest absolute Gasteiger partial charge is 0.504 e. The second-order valence-corrected chi connectivity index (χ2v) is 19.6. The van der Waals surface area contributed by atoms with Gasteiger partial charge in [0.25, 0.3) is 0 Å². The van der Waals surface area contributed by atoms with E-state index in [0.717, 1.165) is 28.8 Å². The number of amides is 1. The van der Waals surface area contributed by atoms with Crippen molar-refractivity contribution in [1.29, 1.82) is 0 Å². The van der Waals surface area contributed by atoms with E-state index < -0.39 is 51.8 Å². The van der Waals surface area contributed by atoms with Crippen LogP contribution in [-0.4, -0.2) is 152 Å². The van der Waals surface area contributed by atoms with Gasteiger partial charge in [-0.25, -0.2) is 9.59 Å². The molecule has 2 saturated carbocycles. The predicted octanol–water partition coefficient (Wildman–Crippen LogP) is 7.04. The summed E-state index contributed by atoms with van der Waals surface area (Å²) in [4.78, 5) is 51.7.